The van der Waals surface area contributed by atoms with Crippen molar-refractivity contribution in [2.45, 2.75) is 13.8 Å². The largest absolute Gasteiger partial charge is 0.314 e. The Bertz CT molecular complexity index is 1220. The summed E-state index contributed by atoms with van der Waals surface area (Å²) in [6.45, 7) is 3.38. The maximum Gasteiger partial charge on any atom is 0.298 e. The molecule has 3 heterocycles. The number of hydrogen-bond acceptors (Lipinski definition) is 5. The third-order valence-electron chi connectivity index (χ3n) is 4.21. The second-order valence-corrected chi connectivity index (χ2v) is 6.18. The molecule has 3 aromatic heterocycles. The highest BCUT2D eigenvalue weighted by Gasteiger charge is 2.19. The molecule has 0 unspecified atom stereocenters. The molecule has 0 fully saturated rings. The van der Waals surface area contributed by atoms with Gasteiger partial charge in [-0.1, -0.05) is 30.3 Å². The molecule has 0 aliphatic rings. The Labute approximate surface area is 153 Å². The maximum atomic E-state index is 12.8. The fourth-order valence-electron chi connectivity index (χ4n) is 2.88. The van der Waals surface area contributed by atoms with Crippen molar-refractivity contribution in [3.63, 3.8) is 0 Å². The maximum absolute atomic E-state index is 12.8. The first-order valence-electron chi connectivity index (χ1n) is 8.31. The van der Waals surface area contributed by atoms with Crippen LogP contribution in [-0.2, 0) is 7.05 Å². The molecule has 0 radical (unpaired) electrons. The average molecular weight is 363 g/mol. The summed E-state index contributed by atoms with van der Waals surface area (Å²) in [5, 5.41) is 9.85. The number of carbonyl (C=O) groups excluding carboxylic acids is 1. The molecule has 136 valence electrons. The Kier molecular flexibility index (Phi) is 3.84. The van der Waals surface area contributed by atoms with Crippen molar-refractivity contribution < 1.29 is 4.79 Å². The first-order chi connectivity index (χ1) is 12.9. The van der Waals surface area contributed by atoms with Gasteiger partial charge in [0.25, 0.3) is 17.2 Å². The van der Waals surface area contributed by atoms with Crippen molar-refractivity contribution in [1.82, 2.24) is 29.4 Å². The van der Waals surface area contributed by atoms with Crippen LogP contribution in [0.3, 0.4) is 0 Å². The molecular formula is C18H17N7O2. The number of fused-ring (bicyclic) bond motifs is 1. The summed E-state index contributed by atoms with van der Waals surface area (Å²) in [6.07, 6.45) is 0. The second kappa shape index (κ2) is 6.20. The molecule has 0 saturated carbocycles. The summed E-state index contributed by atoms with van der Waals surface area (Å²) in [6, 6.07) is 11.2. The van der Waals surface area contributed by atoms with Gasteiger partial charge in [0.1, 0.15) is 17.2 Å². The summed E-state index contributed by atoms with van der Waals surface area (Å²) < 4.78 is 2.69. The molecule has 0 spiro atoms. The van der Waals surface area contributed by atoms with Crippen molar-refractivity contribution in [2.24, 2.45) is 7.05 Å². The molecule has 4 rings (SSSR count). The van der Waals surface area contributed by atoms with Crippen LogP contribution >= 0.6 is 0 Å². The van der Waals surface area contributed by atoms with E-state index in [0.717, 1.165) is 5.56 Å². The number of aromatic nitrogens is 6. The lowest BCUT2D eigenvalue weighted by Crippen LogP contribution is -2.26. The van der Waals surface area contributed by atoms with Gasteiger partial charge in [0, 0.05) is 12.6 Å². The number of anilines is 1. The van der Waals surface area contributed by atoms with Gasteiger partial charge < -0.3 is 5.32 Å². The van der Waals surface area contributed by atoms with Crippen LogP contribution in [0.4, 0.5) is 5.69 Å². The second-order valence-electron chi connectivity index (χ2n) is 6.18. The Morgan fingerprint density at radius 2 is 1.89 bits per heavy atom. The predicted octanol–water partition coefficient (Wildman–Crippen LogP) is 1.69. The molecule has 0 aliphatic heterocycles. The van der Waals surface area contributed by atoms with E-state index in [4.69, 9.17) is 0 Å². The highest BCUT2D eigenvalue weighted by molar-refractivity contribution is 6.03. The minimum Gasteiger partial charge on any atom is -0.314 e. The van der Waals surface area contributed by atoms with Gasteiger partial charge in [-0.15, -0.1) is 0 Å². The highest BCUT2D eigenvalue weighted by Crippen LogP contribution is 2.19. The van der Waals surface area contributed by atoms with Crippen molar-refractivity contribution in [3.05, 3.63) is 64.0 Å². The van der Waals surface area contributed by atoms with Gasteiger partial charge in [-0.3, -0.25) is 19.4 Å². The lowest BCUT2D eigenvalue weighted by molar-refractivity contribution is 0.101. The number of amides is 1. The number of nitrogens with zero attached hydrogens (tertiary/aromatic N) is 5. The number of aromatic amines is 1. The zero-order chi connectivity index (χ0) is 19.1. The van der Waals surface area contributed by atoms with E-state index in [9.17, 15) is 9.59 Å². The molecule has 9 heteroatoms. The Morgan fingerprint density at radius 3 is 2.63 bits per heavy atom. The highest BCUT2D eigenvalue weighted by atomic mass is 16.2. The van der Waals surface area contributed by atoms with Crippen molar-refractivity contribution in [2.75, 3.05) is 5.32 Å². The molecule has 0 bridgehead atoms. The van der Waals surface area contributed by atoms with Gasteiger partial charge in [0.15, 0.2) is 0 Å². The fourth-order valence-corrected chi connectivity index (χ4v) is 2.88. The average Bonchev–Trinajstić information content (AvgIpc) is 3.21. The van der Waals surface area contributed by atoms with E-state index in [1.807, 2.05) is 30.3 Å². The first-order valence-corrected chi connectivity index (χ1v) is 8.31. The van der Waals surface area contributed by atoms with Gasteiger partial charge in [0.2, 0.25) is 0 Å². The van der Waals surface area contributed by atoms with Gasteiger partial charge in [-0.05, 0) is 19.9 Å². The summed E-state index contributed by atoms with van der Waals surface area (Å²) >= 11 is 0. The molecule has 2 N–H and O–H groups in total. The Balaban J connectivity index is 1.70. The predicted molar refractivity (Wildman–Crippen MR) is 99.7 cm³/mol. The third kappa shape index (κ3) is 2.88. The lowest BCUT2D eigenvalue weighted by Gasteiger charge is -2.07. The molecular weight excluding hydrogens is 346 g/mol. The van der Waals surface area contributed by atoms with Crippen molar-refractivity contribution >= 4 is 17.4 Å². The topological polar surface area (TPSA) is 110 Å². The number of nitrogens with one attached hydrogen (secondary N) is 2. The van der Waals surface area contributed by atoms with Crippen LogP contribution in [-0.4, -0.2) is 35.3 Å². The number of H-pyrrole nitrogens is 1. The third-order valence-corrected chi connectivity index (χ3v) is 4.21. The minimum atomic E-state index is -0.439. The van der Waals surface area contributed by atoms with Gasteiger partial charge in [0.05, 0.1) is 11.4 Å². The zero-order valence-corrected chi connectivity index (χ0v) is 15.0. The number of benzene rings is 1. The van der Waals surface area contributed by atoms with E-state index in [1.165, 1.54) is 9.20 Å². The monoisotopic (exact) mass is 363 g/mol. The number of rotatable bonds is 3. The number of aryl methyl sites for hydroxylation is 3. The standard InChI is InChI=1S/C18H17N7O2/c1-10-15(17(27)25-18(19-10)20-11(2)22-25)21-16(26)14-9-13(23-24(14)3)12-7-5-4-6-8-12/h4-9H,1-3H3,(H,21,26)(H,19,20,22). The van der Waals surface area contributed by atoms with Crippen molar-refractivity contribution in [3.8, 4) is 11.3 Å². The summed E-state index contributed by atoms with van der Waals surface area (Å²) in [7, 11) is 1.68. The SMILES string of the molecule is Cc1nc2nc(C)c(NC(=O)c3cc(-c4ccccc4)nn3C)c(=O)n2[nH]1. The smallest absolute Gasteiger partial charge is 0.298 e. The van der Waals surface area contributed by atoms with Crippen LogP contribution in [0.2, 0.25) is 0 Å². The zero-order valence-electron chi connectivity index (χ0n) is 15.0. The van der Waals surface area contributed by atoms with E-state index in [0.29, 0.717) is 22.9 Å². The summed E-state index contributed by atoms with van der Waals surface area (Å²) in [5.41, 5.74) is 1.98. The van der Waals surface area contributed by atoms with Crippen LogP contribution in [0.15, 0.2) is 41.2 Å². The molecule has 1 amide bonds. The number of carbonyl (C=O) groups is 1. The number of hydrogen-bond donors (Lipinski definition) is 2. The van der Waals surface area contributed by atoms with E-state index in [-0.39, 0.29) is 11.5 Å². The van der Waals surface area contributed by atoms with Crippen LogP contribution in [0, 0.1) is 13.8 Å². The molecule has 4 aromatic rings. The van der Waals surface area contributed by atoms with Gasteiger partial charge in [-0.2, -0.15) is 14.6 Å². The van der Waals surface area contributed by atoms with E-state index in [2.05, 4.69) is 25.5 Å². The summed E-state index contributed by atoms with van der Waals surface area (Å²) in [5.74, 6) is 0.381. The molecule has 0 saturated heterocycles. The van der Waals surface area contributed by atoms with Crippen LogP contribution in [0.5, 0.6) is 0 Å². The fraction of sp³-hybridized carbons (Fsp3) is 0.167. The molecule has 0 atom stereocenters. The first kappa shape index (κ1) is 16.7. The molecule has 0 aliphatic carbocycles. The lowest BCUT2D eigenvalue weighted by atomic mass is 10.1. The quantitative estimate of drug-likeness (QED) is 0.575. The van der Waals surface area contributed by atoms with E-state index < -0.39 is 11.5 Å². The molecule has 27 heavy (non-hydrogen) atoms. The van der Waals surface area contributed by atoms with Crippen molar-refractivity contribution in [1.29, 1.82) is 0 Å². The van der Waals surface area contributed by atoms with Crippen LogP contribution < -0.4 is 10.9 Å². The van der Waals surface area contributed by atoms with Gasteiger partial charge in [-0.25, -0.2) is 4.98 Å². The van der Waals surface area contributed by atoms with Crippen LogP contribution in [0.1, 0.15) is 22.0 Å². The minimum absolute atomic E-state index is 0.101. The Morgan fingerprint density at radius 1 is 1.15 bits per heavy atom. The Hall–Kier alpha value is -3.75. The normalized spacial score (nSPS) is 11.1. The molecule has 9 nitrogen and oxygen atoms in total. The summed E-state index contributed by atoms with van der Waals surface area (Å²) in [4.78, 5) is 33.8. The van der Waals surface area contributed by atoms with Crippen LogP contribution in [0.25, 0.3) is 17.0 Å². The van der Waals surface area contributed by atoms with E-state index in [1.54, 1.807) is 27.0 Å². The molecule has 1 aromatic carbocycles. The van der Waals surface area contributed by atoms with Gasteiger partial charge >= 0.3 is 0 Å². The van der Waals surface area contributed by atoms with E-state index >= 15 is 0 Å².